The highest BCUT2D eigenvalue weighted by Gasteiger charge is 2.34. The van der Waals surface area contributed by atoms with Gasteiger partial charge in [0.05, 0.1) is 36.1 Å². The van der Waals surface area contributed by atoms with E-state index in [1.54, 1.807) is 23.2 Å². The number of rotatable bonds is 5. The molecule has 2 aliphatic rings. The smallest absolute Gasteiger partial charge is 0.262 e. The van der Waals surface area contributed by atoms with Gasteiger partial charge in [-0.15, -0.1) is 0 Å². The van der Waals surface area contributed by atoms with Gasteiger partial charge in [0.2, 0.25) is 10.0 Å². The summed E-state index contributed by atoms with van der Waals surface area (Å²) in [6.45, 7) is 3.49. The highest BCUT2D eigenvalue weighted by Crippen LogP contribution is 2.32. The summed E-state index contributed by atoms with van der Waals surface area (Å²) < 4.78 is 33.4. The van der Waals surface area contributed by atoms with Crippen LogP contribution in [0.1, 0.15) is 34.1 Å². The number of aromatic nitrogens is 4. The highest BCUT2D eigenvalue weighted by molar-refractivity contribution is 7.89. The second kappa shape index (κ2) is 8.01. The zero-order chi connectivity index (χ0) is 23.3. The lowest BCUT2D eigenvalue weighted by atomic mass is 10.1. The quantitative estimate of drug-likeness (QED) is 0.563. The van der Waals surface area contributed by atoms with Crippen LogP contribution in [-0.4, -0.2) is 65.7 Å². The summed E-state index contributed by atoms with van der Waals surface area (Å²) in [6.07, 6.45) is 5.66. The molecule has 5 rings (SSSR count). The minimum Gasteiger partial charge on any atom is -0.379 e. The largest absolute Gasteiger partial charge is 0.379 e. The van der Waals surface area contributed by atoms with Gasteiger partial charge >= 0.3 is 0 Å². The number of carbonyl (C=O) groups excluding carboxylic acids is 1. The maximum atomic E-state index is 13.2. The van der Waals surface area contributed by atoms with Crippen molar-refractivity contribution in [3.05, 3.63) is 53.6 Å². The van der Waals surface area contributed by atoms with Crippen molar-refractivity contribution in [1.29, 1.82) is 0 Å². The molecule has 0 spiro atoms. The molecule has 5 heterocycles. The number of nitrogens with zero attached hydrogens (tertiary/aromatic N) is 6. The average Bonchev–Trinajstić information content (AvgIpc) is 3.53. The molecule has 33 heavy (non-hydrogen) atoms. The normalized spacial score (nSPS) is 18.4. The number of hydrogen-bond donors (Lipinski definition) is 0. The van der Waals surface area contributed by atoms with Gasteiger partial charge in [0, 0.05) is 50.9 Å². The lowest BCUT2D eigenvalue weighted by molar-refractivity contribution is 0.0995. The predicted molar refractivity (Wildman–Crippen MR) is 120 cm³/mol. The molecule has 10 nitrogen and oxygen atoms in total. The molecule has 3 aromatic heterocycles. The summed E-state index contributed by atoms with van der Waals surface area (Å²) in [5.74, 6) is 0.433. The number of sulfonamides is 1. The lowest BCUT2D eigenvalue weighted by Gasteiger charge is -2.12. The number of carbonyl (C=O) groups is 1. The third-order valence-electron chi connectivity index (χ3n) is 6.00. The van der Waals surface area contributed by atoms with Gasteiger partial charge in [-0.05, 0) is 31.0 Å². The van der Waals surface area contributed by atoms with Crippen LogP contribution >= 0.6 is 0 Å². The van der Waals surface area contributed by atoms with Gasteiger partial charge in [-0.1, -0.05) is 0 Å². The molecule has 0 unspecified atom stereocenters. The van der Waals surface area contributed by atoms with E-state index in [1.165, 1.54) is 20.3 Å². The molecule has 3 aromatic rings. The van der Waals surface area contributed by atoms with Crippen LogP contribution in [0.2, 0.25) is 0 Å². The Hall–Kier alpha value is -3.15. The molecule has 0 aliphatic carbocycles. The number of pyridine rings is 2. The second-order valence-electron chi connectivity index (χ2n) is 8.41. The van der Waals surface area contributed by atoms with Crippen LogP contribution in [0.4, 0.5) is 5.82 Å². The Labute approximate surface area is 191 Å². The first kappa shape index (κ1) is 21.7. The van der Waals surface area contributed by atoms with E-state index in [2.05, 4.69) is 10.1 Å². The first-order chi connectivity index (χ1) is 15.8. The van der Waals surface area contributed by atoms with Crippen LogP contribution in [0, 0.1) is 6.92 Å². The van der Waals surface area contributed by atoms with E-state index in [4.69, 9.17) is 9.72 Å². The van der Waals surface area contributed by atoms with E-state index in [9.17, 15) is 13.2 Å². The maximum absolute atomic E-state index is 13.2. The van der Waals surface area contributed by atoms with Crippen LogP contribution in [0.5, 0.6) is 0 Å². The third-order valence-corrected chi connectivity index (χ3v) is 7.78. The van der Waals surface area contributed by atoms with Gasteiger partial charge in [-0.2, -0.15) is 5.10 Å². The fraction of sp³-hybridized carbons (Fsp3) is 0.364. The van der Waals surface area contributed by atoms with Gasteiger partial charge in [-0.3, -0.25) is 24.3 Å². The summed E-state index contributed by atoms with van der Waals surface area (Å²) in [7, 11) is -0.680. The molecular weight excluding hydrogens is 444 g/mol. The van der Waals surface area contributed by atoms with Gasteiger partial charge in [0.1, 0.15) is 4.90 Å². The highest BCUT2D eigenvalue weighted by atomic mass is 32.2. The zero-order valence-electron chi connectivity index (χ0n) is 18.6. The van der Waals surface area contributed by atoms with Crippen molar-refractivity contribution >= 4 is 21.7 Å². The summed E-state index contributed by atoms with van der Waals surface area (Å²) in [5.41, 5.74) is 3.10. The molecule has 0 saturated carbocycles. The Morgan fingerprint density at radius 3 is 2.76 bits per heavy atom. The van der Waals surface area contributed by atoms with Crippen LogP contribution in [0.25, 0.3) is 11.3 Å². The van der Waals surface area contributed by atoms with Crippen molar-refractivity contribution in [1.82, 2.24) is 24.1 Å². The molecule has 0 aromatic carbocycles. The Bertz CT molecular complexity index is 1340. The van der Waals surface area contributed by atoms with Crippen LogP contribution in [0.15, 0.2) is 41.7 Å². The van der Waals surface area contributed by atoms with Crippen molar-refractivity contribution in [3.63, 3.8) is 0 Å². The van der Waals surface area contributed by atoms with Crippen molar-refractivity contribution in [2.75, 3.05) is 32.2 Å². The summed E-state index contributed by atoms with van der Waals surface area (Å²) >= 11 is 0. The molecule has 1 saturated heterocycles. The monoisotopic (exact) mass is 468 g/mol. The lowest BCUT2D eigenvalue weighted by Crippen LogP contribution is -2.24. The minimum atomic E-state index is -3.63. The number of fused-ring (bicyclic) bond motifs is 1. The number of ether oxygens (including phenoxy) is 1. The standard InChI is InChI=1S/C22H24N6O4S/c1-14-8-18(15-9-17(11-23-10-15)33(30,31)26(2)3)24-19-12-27(22(29)21(14)19)20-4-6-28(25-20)16-5-7-32-13-16/h4,6,8-11,16H,5,7,12-13H2,1-3H3/t16-/m0/s1. The predicted octanol–water partition coefficient (Wildman–Crippen LogP) is 2.02. The van der Waals surface area contributed by atoms with Gasteiger partial charge in [-0.25, -0.2) is 12.7 Å². The third kappa shape index (κ3) is 3.71. The molecule has 0 radical (unpaired) electrons. The fourth-order valence-electron chi connectivity index (χ4n) is 4.15. The van der Waals surface area contributed by atoms with Crippen LogP contribution in [-0.2, 0) is 21.3 Å². The van der Waals surface area contributed by atoms with E-state index < -0.39 is 10.0 Å². The van der Waals surface area contributed by atoms with Gasteiger partial charge < -0.3 is 4.74 Å². The SMILES string of the molecule is Cc1cc(-c2cncc(S(=O)(=O)N(C)C)c2)nc2c1C(=O)N(c1ccn([C@H]3CCOC3)n1)C2. The van der Waals surface area contributed by atoms with E-state index in [-0.39, 0.29) is 16.8 Å². The number of anilines is 1. The fourth-order valence-corrected chi connectivity index (χ4v) is 5.04. The number of amides is 1. The Balaban J connectivity index is 1.47. The molecule has 172 valence electrons. The molecule has 11 heteroatoms. The summed E-state index contributed by atoms with van der Waals surface area (Å²) in [5, 5.41) is 4.61. The zero-order valence-corrected chi connectivity index (χ0v) is 19.4. The van der Waals surface area contributed by atoms with Crippen LogP contribution < -0.4 is 4.90 Å². The summed E-state index contributed by atoms with van der Waals surface area (Å²) in [6, 6.07) is 5.36. The molecule has 0 bridgehead atoms. The Kier molecular flexibility index (Phi) is 5.26. The number of hydrogen-bond acceptors (Lipinski definition) is 7. The first-order valence-electron chi connectivity index (χ1n) is 10.6. The molecular formula is C22H24N6O4S. The maximum Gasteiger partial charge on any atom is 0.262 e. The van der Waals surface area contributed by atoms with Crippen molar-refractivity contribution in [2.45, 2.75) is 30.8 Å². The average molecular weight is 469 g/mol. The van der Waals surface area contributed by atoms with Crippen molar-refractivity contribution in [3.8, 4) is 11.3 Å². The molecule has 2 aliphatic heterocycles. The Morgan fingerprint density at radius 1 is 1.21 bits per heavy atom. The van der Waals surface area contributed by atoms with E-state index >= 15 is 0 Å². The van der Waals surface area contributed by atoms with Crippen molar-refractivity contribution < 1.29 is 17.9 Å². The van der Waals surface area contributed by atoms with E-state index in [0.717, 1.165) is 16.3 Å². The Morgan fingerprint density at radius 2 is 2.03 bits per heavy atom. The minimum absolute atomic E-state index is 0.0871. The molecule has 1 atom stereocenters. The second-order valence-corrected chi connectivity index (χ2v) is 10.6. The number of aryl methyl sites for hydroxylation is 1. The first-order valence-corrected chi connectivity index (χ1v) is 12.0. The van der Waals surface area contributed by atoms with E-state index in [1.807, 2.05) is 23.9 Å². The topological polar surface area (TPSA) is 111 Å². The van der Waals surface area contributed by atoms with Crippen LogP contribution in [0.3, 0.4) is 0 Å². The molecule has 1 fully saturated rings. The van der Waals surface area contributed by atoms with Gasteiger partial charge in [0.25, 0.3) is 5.91 Å². The molecule has 0 N–H and O–H groups in total. The summed E-state index contributed by atoms with van der Waals surface area (Å²) in [4.78, 5) is 23.7. The van der Waals surface area contributed by atoms with Crippen molar-refractivity contribution in [2.24, 2.45) is 0 Å². The molecule has 1 amide bonds. The van der Waals surface area contributed by atoms with E-state index in [0.29, 0.717) is 48.1 Å². The van der Waals surface area contributed by atoms with Gasteiger partial charge in [0.15, 0.2) is 5.82 Å².